The zero-order chi connectivity index (χ0) is 15.2. The summed E-state index contributed by atoms with van der Waals surface area (Å²) in [5, 5.41) is 14.7. The summed E-state index contributed by atoms with van der Waals surface area (Å²) in [5.41, 5.74) is 0.431. The molecular weight excluding hydrogens is 275 g/mol. The summed E-state index contributed by atoms with van der Waals surface area (Å²) in [6, 6.07) is 3.75. The van der Waals surface area contributed by atoms with E-state index in [1.165, 1.54) is 25.3 Å². The van der Waals surface area contributed by atoms with E-state index in [4.69, 9.17) is 9.84 Å². The number of carbonyl (C=O) groups is 1. The fourth-order valence-electron chi connectivity index (χ4n) is 2.60. The Labute approximate surface area is 123 Å². The molecule has 1 aromatic rings. The average Bonchev–Trinajstić information content (AvgIpc) is 2.49. The molecule has 6 heteroatoms. The molecule has 0 aliphatic heterocycles. The summed E-state index contributed by atoms with van der Waals surface area (Å²) in [5.74, 6) is 0.220. The molecule has 0 spiro atoms. The maximum Gasteiger partial charge on any atom is 0.319 e. The number of methoxy groups -OCH3 is 1. The van der Waals surface area contributed by atoms with Gasteiger partial charge in [-0.05, 0) is 43.7 Å². The lowest BCUT2D eigenvalue weighted by Crippen LogP contribution is -2.40. The molecule has 0 bridgehead atoms. The topological polar surface area (TPSA) is 70.6 Å². The largest absolute Gasteiger partial charge is 0.494 e. The Morgan fingerprint density at radius 1 is 1.38 bits per heavy atom. The Bertz CT molecular complexity index is 488. The standard InChI is InChI=1S/C15H21FN2O3/c1-21-14-8-11(16)4-7-13(14)18-15(20)17-12-5-2-10(9-19)3-6-12/h4,7-8,10,12,19H,2-3,5-6,9H2,1H3,(H2,17,18,20). The van der Waals surface area contributed by atoms with Crippen molar-refractivity contribution >= 4 is 11.7 Å². The predicted octanol–water partition coefficient (Wildman–Crippen LogP) is 2.51. The molecule has 1 aromatic carbocycles. The highest BCUT2D eigenvalue weighted by molar-refractivity contribution is 5.91. The third-order valence-electron chi connectivity index (χ3n) is 3.85. The number of rotatable bonds is 4. The lowest BCUT2D eigenvalue weighted by Gasteiger charge is -2.28. The molecule has 0 unspecified atom stereocenters. The Morgan fingerprint density at radius 3 is 2.71 bits per heavy atom. The molecule has 1 saturated carbocycles. The van der Waals surface area contributed by atoms with Crippen molar-refractivity contribution in [3.05, 3.63) is 24.0 Å². The van der Waals surface area contributed by atoms with Crippen molar-refractivity contribution in [2.45, 2.75) is 31.7 Å². The highest BCUT2D eigenvalue weighted by atomic mass is 19.1. The van der Waals surface area contributed by atoms with Crippen LogP contribution in [0.5, 0.6) is 5.75 Å². The van der Waals surface area contributed by atoms with Crippen LogP contribution in [-0.4, -0.2) is 30.9 Å². The van der Waals surface area contributed by atoms with Crippen molar-refractivity contribution in [3.63, 3.8) is 0 Å². The van der Waals surface area contributed by atoms with Crippen molar-refractivity contribution in [1.29, 1.82) is 0 Å². The molecular formula is C15H21FN2O3. The summed E-state index contributed by atoms with van der Waals surface area (Å²) in [4.78, 5) is 12.0. The Hall–Kier alpha value is -1.82. The first-order valence-corrected chi connectivity index (χ1v) is 7.14. The predicted molar refractivity (Wildman–Crippen MR) is 77.9 cm³/mol. The number of benzene rings is 1. The maximum absolute atomic E-state index is 13.1. The van der Waals surface area contributed by atoms with Crippen LogP contribution in [0.3, 0.4) is 0 Å². The van der Waals surface area contributed by atoms with Crippen LogP contribution in [0.1, 0.15) is 25.7 Å². The minimum Gasteiger partial charge on any atom is -0.494 e. The molecule has 116 valence electrons. The van der Waals surface area contributed by atoms with Crippen molar-refractivity contribution in [2.24, 2.45) is 5.92 Å². The van der Waals surface area contributed by atoms with E-state index in [1.54, 1.807) is 0 Å². The van der Waals surface area contributed by atoms with Crippen LogP contribution in [0, 0.1) is 11.7 Å². The number of ether oxygens (including phenoxy) is 1. The van der Waals surface area contributed by atoms with Crippen molar-refractivity contribution in [2.75, 3.05) is 19.0 Å². The second kappa shape index (κ2) is 7.26. The summed E-state index contributed by atoms with van der Waals surface area (Å²) >= 11 is 0. The molecule has 2 amide bonds. The normalized spacial score (nSPS) is 21.7. The first-order valence-electron chi connectivity index (χ1n) is 7.14. The van der Waals surface area contributed by atoms with Gasteiger partial charge in [0.15, 0.2) is 0 Å². The number of carbonyl (C=O) groups excluding carboxylic acids is 1. The summed E-state index contributed by atoms with van der Waals surface area (Å²) < 4.78 is 18.1. The Morgan fingerprint density at radius 2 is 2.10 bits per heavy atom. The average molecular weight is 296 g/mol. The number of anilines is 1. The molecule has 2 rings (SSSR count). The number of aliphatic hydroxyl groups is 1. The van der Waals surface area contributed by atoms with Crippen LogP contribution in [-0.2, 0) is 0 Å². The van der Waals surface area contributed by atoms with Crippen molar-refractivity contribution in [3.8, 4) is 5.75 Å². The summed E-state index contributed by atoms with van der Waals surface area (Å²) in [6.45, 7) is 0.214. The van der Waals surface area contributed by atoms with E-state index in [9.17, 15) is 9.18 Å². The van der Waals surface area contributed by atoms with Gasteiger partial charge in [0, 0.05) is 18.7 Å². The molecule has 0 heterocycles. The van der Waals surface area contributed by atoms with E-state index in [-0.39, 0.29) is 24.4 Å². The van der Waals surface area contributed by atoms with Gasteiger partial charge in [0.05, 0.1) is 12.8 Å². The second-order valence-corrected chi connectivity index (χ2v) is 5.34. The van der Waals surface area contributed by atoms with Crippen LogP contribution in [0.25, 0.3) is 0 Å². The van der Waals surface area contributed by atoms with Gasteiger partial charge in [0.1, 0.15) is 11.6 Å². The number of hydrogen-bond acceptors (Lipinski definition) is 3. The minimum atomic E-state index is -0.417. The molecule has 1 fully saturated rings. The first-order chi connectivity index (χ1) is 10.1. The minimum absolute atomic E-state index is 0.110. The third-order valence-corrected chi connectivity index (χ3v) is 3.85. The molecule has 1 aliphatic carbocycles. The lowest BCUT2D eigenvalue weighted by atomic mass is 9.87. The van der Waals surface area contributed by atoms with Gasteiger partial charge in [0.2, 0.25) is 0 Å². The van der Waals surface area contributed by atoms with E-state index in [1.807, 2.05) is 0 Å². The van der Waals surface area contributed by atoms with Gasteiger partial charge in [-0.3, -0.25) is 0 Å². The first kappa shape index (κ1) is 15.6. The van der Waals surface area contributed by atoms with Gasteiger partial charge in [-0.1, -0.05) is 0 Å². The van der Waals surface area contributed by atoms with Crippen LogP contribution < -0.4 is 15.4 Å². The van der Waals surface area contributed by atoms with E-state index in [0.717, 1.165) is 25.7 Å². The molecule has 0 saturated heterocycles. The van der Waals surface area contributed by atoms with E-state index in [0.29, 0.717) is 11.6 Å². The van der Waals surface area contributed by atoms with E-state index < -0.39 is 5.82 Å². The monoisotopic (exact) mass is 296 g/mol. The zero-order valence-electron chi connectivity index (χ0n) is 12.1. The highest BCUT2D eigenvalue weighted by Gasteiger charge is 2.22. The number of amides is 2. The third kappa shape index (κ3) is 4.32. The highest BCUT2D eigenvalue weighted by Crippen LogP contribution is 2.26. The SMILES string of the molecule is COc1cc(F)ccc1NC(=O)NC1CCC(CO)CC1. The van der Waals surface area contributed by atoms with Crippen molar-refractivity contribution in [1.82, 2.24) is 5.32 Å². The second-order valence-electron chi connectivity index (χ2n) is 5.34. The fraction of sp³-hybridized carbons (Fsp3) is 0.533. The smallest absolute Gasteiger partial charge is 0.319 e. The quantitative estimate of drug-likeness (QED) is 0.799. The van der Waals surface area contributed by atoms with Gasteiger partial charge < -0.3 is 20.5 Å². The fourth-order valence-corrected chi connectivity index (χ4v) is 2.60. The number of halogens is 1. The summed E-state index contributed by atoms with van der Waals surface area (Å²) in [7, 11) is 1.42. The van der Waals surface area contributed by atoms with Crippen LogP contribution >= 0.6 is 0 Å². The lowest BCUT2D eigenvalue weighted by molar-refractivity contribution is 0.176. The van der Waals surface area contributed by atoms with Gasteiger partial charge in [-0.25, -0.2) is 9.18 Å². The molecule has 0 atom stereocenters. The number of aliphatic hydroxyl groups excluding tert-OH is 1. The van der Waals surface area contributed by atoms with E-state index in [2.05, 4.69) is 10.6 Å². The van der Waals surface area contributed by atoms with Gasteiger partial charge >= 0.3 is 6.03 Å². The Kier molecular flexibility index (Phi) is 5.38. The van der Waals surface area contributed by atoms with E-state index >= 15 is 0 Å². The summed E-state index contributed by atoms with van der Waals surface area (Å²) in [6.07, 6.45) is 3.56. The molecule has 0 radical (unpaired) electrons. The van der Waals surface area contributed by atoms with Gasteiger partial charge in [-0.15, -0.1) is 0 Å². The van der Waals surface area contributed by atoms with Crippen LogP contribution in [0.4, 0.5) is 14.9 Å². The van der Waals surface area contributed by atoms with Crippen LogP contribution in [0.15, 0.2) is 18.2 Å². The Balaban J connectivity index is 1.87. The maximum atomic E-state index is 13.1. The zero-order valence-corrected chi connectivity index (χ0v) is 12.1. The molecule has 1 aliphatic rings. The number of nitrogens with one attached hydrogen (secondary N) is 2. The number of hydrogen-bond donors (Lipinski definition) is 3. The molecule has 3 N–H and O–H groups in total. The van der Waals surface area contributed by atoms with Gasteiger partial charge in [0.25, 0.3) is 0 Å². The van der Waals surface area contributed by atoms with Crippen LogP contribution in [0.2, 0.25) is 0 Å². The molecule has 21 heavy (non-hydrogen) atoms. The molecule has 0 aromatic heterocycles. The molecule has 5 nitrogen and oxygen atoms in total. The van der Waals surface area contributed by atoms with Gasteiger partial charge in [-0.2, -0.15) is 0 Å². The van der Waals surface area contributed by atoms with Crippen molar-refractivity contribution < 1.29 is 19.0 Å². The number of urea groups is 1.